The molecule has 0 aliphatic rings. The average Bonchev–Trinajstić information content (AvgIpc) is 2.27. The molecule has 1 rings (SSSR count). The van der Waals surface area contributed by atoms with Gasteiger partial charge in [-0.05, 0) is 34.0 Å². The van der Waals surface area contributed by atoms with Crippen LogP contribution in [0.5, 0.6) is 11.5 Å². The minimum Gasteiger partial charge on any atom is -0.495 e. The van der Waals surface area contributed by atoms with E-state index in [2.05, 4.69) is 22.0 Å². The lowest BCUT2D eigenvalue weighted by atomic mass is 10.1. The molecule has 0 aliphatic heterocycles. The number of benzene rings is 1. The SMILES string of the molecule is CCc1cc(C#N)c(OC)c(Br)c1OC. The fourth-order valence-electron chi connectivity index (χ4n) is 1.43. The summed E-state index contributed by atoms with van der Waals surface area (Å²) in [6.07, 6.45) is 0.806. The molecular formula is C11H12BrNO2. The lowest BCUT2D eigenvalue weighted by Crippen LogP contribution is -1.97. The predicted molar refractivity (Wildman–Crippen MR) is 61.3 cm³/mol. The summed E-state index contributed by atoms with van der Waals surface area (Å²) in [7, 11) is 3.14. The maximum Gasteiger partial charge on any atom is 0.154 e. The highest BCUT2D eigenvalue weighted by Crippen LogP contribution is 2.39. The van der Waals surface area contributed by atoms with Crippen molar-refractivity contribution in [3.8, 4) is 17.6 Å². The first-order valence-electron chi connectivity index (χ1n) is 4.53. The monoisotopic (exact) mass is 269 g/mol. The molecule has 1 aromatic rings. The Hall–Kier alpha value is -1.21. The van der Waals surface area contributed by atoms with E-state index in [9.17, 15) is 0 Å². The maximum atomic E-state index is 8.97. The Kier molecular flexibility index (Phi) is 3.98. The second kappa shape index (κ2) is 5.04. The predicted octanol–water partition coefficient (Wildman–Crippen LogP) is 2.90. The lowest BCUT2D eigenvalue weighted by Gasteiger charge is -2.13. The number of hydrogen-bond donors (Lipinski definition) is 0. The van der Waals surface area contributed by atoms with Crippen LogP contribution in [0.3, 0.4) is 0 Å². The van der Waals surface area contributed by atoms with E-state index in [0.29, 0.717) is 15.8 Å². The van der Waals surface area contributed by atoms with E-state index in [0.717, 1.165) is 17.7 Å². The van der Waals surface area contributed by atoms with Crippen LogP contribution in [0.1, 0.15) is 18.1 Å². The van der Waals surface area contributed by atoms with Crippen LogP contribution in [-0.2, 0) is 6.42 Å². The Bertz CT molecular complexity index is 410. The van der Waals surface area contributed by atoms with Gasteiger partial charge in [0.05, 0.1) is 19.8 Å². The first kappa shape index (κ1) is 11.9. The lowest BCUT2D eigenvalue weighted by molar-refractivity contribution is 0.385. The van der Waals surface area contributed by atoms with Gasteiger partial charge >= 0.3 is 0 Å². The van der Waals surface area contributed by atoms with Crippen LogP contribution in [0.2, 0.25) is 0 Å². The van der Waals surface area contributed by atoms with E-state index < -0.39 is 0 Å². The van der Waals surface area contributed by atoms with E-state index in [4.69, 9.17) is 14.7 Å². The van der Waals surface area contributed by atoms with Gasteiger partial charge in [-0.1, -0.05) is 6.92 Å². The van der Waals surface area contributed by atoms with Gasteiger partial charge in [-0.15, -0.1) is 0 Å². The summed E-state index contributed by atoms with van der Waals surface area (Å²) < 4.78 is 11.1. The van der Waals surface area contributed by atoms with Gasteiger partial charge in [0.1, 0.15) is 16.3 Å². The van der Waals surface area contributed by atoms with Crippen LogP contribution in [0, 0.1) is 11.3 Å². The molecule has 0 amide bonds. The molecule has 0 bridgehead atoms. The molecule has 0 N–H and O–H groups in total. The van der Waals surface area contributed by atoms with E-state index in [1.165, 1.54) is 7.11 Å². The van der Waals surface area contributed by atoms with Crippen molar-refractivity contribution in [3.63, 3.8) is 0 Å². The van der Waals surface area contributed by atoms with Crippen molar-refractivity contribution in [2.45, 2.75) is 13.3 Å². The van der Waals surface area contributed by atoms with Gasteiger partial charge in [0, 0.05) is 0 Å². The van der Waals surface area contributed by atoms with Gasteiger partial charge in [-0.2, -0.15) is 5.26 Å². The minimum atomic E-state index is 0.516. The van der Waals surface area contributed by atoms with Crippen molar-refractivity contribution < 1.29 is 9.47 Å². The highest BCUT2D eigenvalue weighted by atomic mass is 79.9. The maximum absolute atomic E-state index is 8.97. The number of nitrogens with zero attached hydrogens (tertiary/aromatic N) is 1. The molecule has 0 aliphatic carbocycles. The van der Waals surface area contributed by atoms with E-state index in [-0.39, 0.29) is 0 Å². The number of methoxy groups -OCH3 is 2. The standard InChI is InChI=1S/C11H12BrNO2/c1-4-7-5-8(6-13)11(15-3)9(12)10(7)14-2/h5H,4H2,1-3H3. The van der Waals surface area contributed by atoms with Crippen molar-refractivity contribution in [2.24, 2.45) is 0 Å². The molecule has 3 nitrogen and oxygen atoms in total. The summed E-state index contributed by atoms with van der Waals surface area (Å²) in [5.74, 6) is 1.25. The van der Waals surface area contributed by atoms with Crippen LogP contribution in [0.15, 0.2) is 10.5 Å². The van der Waals surface area contributed by atoms with Crippen LogP contribution in [0.25, 0.3) is 0 Å². The Morgan fingerprint density at radius 2 is 1.93 bits per heavy atom. The number of ether oxygens (including phenoxy) is 2. The number of rotatable bonds is 3. The largest absolute Gasteiger partial charge is 0.495 e. The number of hydrogen-bond acceptors (Lipinski definition) is 3. The van der Waals surface area contributed by atoms with Crippen LogP contribution in [0.4, 0.5) is 0 Å². The van der Waals surface area contributed by atoms with E-state index in [1.54, 1.807) is 13.2 Å². The Labute approximate surface area is 97.7 Å². The van der Waals surface area contributed by atoms with Crippen molar-refractivity contribution in [2.75, 3.05) is 14.2 Å². The molecule has 0 aromatic heterocycles. The highest BCUT2D eigenvalue weighted by Gasteiger charge is 2.16. The summed E-state index contributed by atoms with van der Waals surface area (Å²) >= 11 is 3.38. The zero-order chi connectivity index (χ0) is 11.4. The zero-order valence-corrected chi connectivity index (χ0v) is 10.5. The summed E-state index contributed by atoms with van der Waals surface area (Å²) in [6, 6.07) is 3.90. The smallest absolute Gasteiger partial charge is 0.154 e. The molecule has 0 saturated carbocycles. The first-order valence-corrected chi connectivity index (χ1v) is 5.32. The Morgan fingerprint density at radius 1 is 1.33 bits per heavy atom. The number of halogens is 1. The highest BCUT2D eigenvalue weighted by molar-refractivity contribution is 9.10. The molecule has 0 fully saturated rings. The quantitative estimate of drug-likeness (QED) is 0.848. The van der Waals surface area contributed by atoms with Gasteiger partial charge < -0.3 is 9.47 Å². The van der Waals surface area contributed by atoms with Gasteiger partial charge in [0.25, 0.3) is 0 Å². The minimum absolute atomic E-state index is 0.516. The molecular weight excluding hydrogens is 258 g/mol. The second-order valence-electron chi connectivity index (χ2n) is 2.93. The zero-order valence-electron chi connectivity index (χ0n) is 8.93. The third-order valence-electron chi connectivity index (χ3n) is 2.16. The third-order valence-corrected chi connectivity index (χ3v) is 2.88. The van der Waals surface area contributed by atoms with Crippen LogP contribution in [-0.4, -0.2) is 14.2 Å². The first-order chi connectivity index (χ1) is 7.19. The molecule has 1 aromatic carbocycles. The van der Waals surface area contributed by atoms with Crippen LogP contribution >= 0.6 is 15.9 Å². The molecule has 0 atom stereocenters. The molecule has 0 heterocycles. The van der Waals surface area contributed by atoms with Crippen molar-refractivity contribution in [3.05, 3.63) is 21.7 Å². The van der Waals surface area contributed by atoms with E-state index in [1.807, 2.05) is 6.92 Å². The topological polar surface area (TPSA) is 42.2 Å². The summed E-state index contributed by atoms with van der Waals surface area (Å²) in [6.45, 7) is 2.01. The molecule has 15 heavy (non-hydrogen) atoms. The fraction of sp³-hybridized carbons (Fsp3) is 0.364. The van der Waals surface area contributed by atoms with Crippen molar-refractivity contribution in [1.82, 2.24) is 0 Å². The molecule has 4 heteroatoms. The average molecular weight is 270 g/mol. The van der Waals surface area contributed by atoms with Crippen LogP contribution < -0.4 is 9.47 Å². The third kappa shape index (κ3) is 2.07. The summed E-state index contributed by atoms with van der Waals surface area (Å²) in [5.41, 5.74) is 1.50. The molecule has 0 saturated heterocycles. The molecule has 80 valence electrons. The van der Waals surface area contributed by atoms with Crippen molar-refractivity contribution >= 4 is 15.9 Å². The van der Waals surface area contributed by atoms with Gasteiger partial charge in [-0.3, -0.25) is 0 Å². The fourth-order valence-corrected chi connectivity index (χ4v) is 2.23. The van der Waals surface area contributed by atoms with Crippen molar-refractivity contribution in [1.29, 1.82) is 5.26 Å². The Morgan fingerprint density at radius 3 is 2.33 bits per heavy atom. The van der Waals surface area contributed by atoms with E-state index >= 15 is 0 Å². The number of nitriles is 1. The normalized spacial score (nSPS) is 9.53. The molecule has 0 unspecified atom stereocenters. The van der Waals surface area contributed by atoms with Gasteiger partial charge in [0.2, 0.25) is 0 Å². The van der Waals surface area contributed by atoms with Gasteiger partial charge in [0.15, 0.2) is 5.75 Å². The number of aryl methyl sites for hydroxylation is 1. The summed E-state index contributed by atoms with van der Waals surface area (Å²) in [4.78, 5) is 0. The molecule has 0 radical (unpaired) electrons. The molecule has 0 spiro atoms. The summed E-state index contributed by atoms with van der Waals surface area (Å²) in [5, 5.41) is 8.97. The van der Waals surface area contributed by atoms with Gasteiger partial charge in [-0.25, -0.2) is 0 Å². The second-order valence-corrected chi connectivity index (χ2v) is 3.72. The Balaban J connectivity index is 3.50.